The van der Waals surface area contributed by atoms with E-state index < -0.39 is 11.7 Å². The van der Waals surface area contributed by atoms with E-state index in [9.17, 15) is 13.2 Å². The maximum atomic E-state index is 13.2. The molecule has 0 atom stereocenters. The standard InChI is InChI=1S/C25H23ClF3N5O2/c1-2-34(20-8-7-15(13-18(20)26)25(27,28)29)24-31-19-14-30-33-23(19)22(32-24)17-5-3-4-6-21(17)36-16-9-11-35-12-10-16/h3-8,13-14,16H,2,9-12H2,1H3,(H,30,33). The topological polar surface area (TPSA) is 76.2 Å². The maximum Gasteiger partial charge on any atom is 0.416 e. The van der Waals surface area contributed by atoms with Crippen molar-refractivity contribution in [1.82, 2.24) is 20.2 Å². The second-order valence-corrected chi connectivity index (χ2v) is 8.74. The van der Waals surface area contributed by atoms with Gasteiger partial charge in [0.25, 0.3) is 0 Å². The van der Waals surface area contributed by atoms with Gasteiger partial charge < -0.3 is 14.4 Å². The molecule has 188 valence electrons. The van der Waals surface area contributed by atoms with E-state index in [1.807, 2.05) is 31.2 Å². The Hall–Kier alpha value is -3.37. The Balaban J connectivity index is 1.58. The number of halogens is 4. The van der Waals surface area contributed by atoms with Gasteiger partial charge in [-0.2, -0.15) is 18.3 Å². The van der Waals surface area contributed by atoms with Crippen molar-refractivity contribution in [1.29, 1.82) is 0 Å². The number of benzene rings is 2. The molecule has 2 aromatic carbocycles. The highest BCUT2D eigenvalue weighted by atomic mass is 35.5. The molecule has 0 radical (unpaired) electrons. The first-order valence-electron chi connectivity index (χ1n) is 11.5. The van der Waals surface area contributed by atoms with Gasteiger partial charge in [0.15, 0.2) is 0 Å². The van der Waals surface area contributed by atoms with Crippen LogP contribution in [0.3, 0.4) is 0 Å². The van der Waals surface area contributed by atoms with Crippen LogP contribution in [0.15, 0.2) is 48.7 Å². The first-order valence-corrected chi connectivity index (χ1v) is 11.9. The molecule has 0 saturated carbocycles. The molecule has 36 heavy (non-hydrogen) atoms. The largest absolute Gasteiger partial charge is 0.490 e. The summed E-state index contributed by atoms with van der Waals surface area (Å²) in [5, 5.41) is 7.04. The minimum atomic E-state index is -4.49. The van der Waals surface area contributed by atoms with Crippen molar-refractivity contribution in [2.24, 2.45) is 0 Å². The summed E-state index contributed by atoms with van der Waals surface area (Å²) in [5.41, 5.74) is 2.04. The average molecular weight is 518 g/mol. The molecule has 4 aromatic rings. The van der Waals surface area contributed by atoms with Crippen LogP contribution in [0.25, 0.3) is 22.3 Å². The maximum absolute atomic E-state index is 13.2. The number of hydrogen-bond donors (Lipinski definition) is 1. The van der Waals surface area contributed by atoms with Crippen LogP contribution in [-0.2, 0) is 10.9 Å². The Bertz CT molecular complexity index is 1370. The first-order chi connectivity index (χ1) is 17.3. The van der Waals surface area contributed by atoms with Crippen molar-refractivity contribution in [2.75, 3.05) is 24.7 Å². The van der Waals surface area contributed by atoms with E-state index in [4.69, 9.17) is 26.1 Å². The van der Waals surface area contributed by atoms with Crippen LogP contribution in [0.1, 0.15) is 25.3 Å². The number of H-pyrrole nitrogens is 1. The molecule has 0 unspecified atom stereocenters. The third-order valence-corrected chi connectivity index (χ3v) is 6.32. The van der Waals surface area contributed by atoms with Gasteiger partial charge >= 0.3 is 6.18 Å². The van der Waals surface area contributed by atoms with Crippen molar-refractivity contribution >= 4 is 34.3 Å². The second kappa shape index (κ2) is 9.94. The minimum Gasteiger partial charge on any atom is -0.490 e. The molecule has 0 bridgehead atoms. The van der Waals surface area contributed by atoms with E-state index >= 15 is 0 Å². The number of hydrogen-bond acceptors (Lipinski definition) is 6. The van der Waals surface area contributed by atoms with E-state index in [0.717, 1.165) is 30.5 Å². The first kappa shape index (κ1) is 24.3. The van der Waals surface area contributed by atoms with Crippen molar-refractivity contribution < 1.29 is 22.6 Å². The molecule has 0 spiro atoms. The fourth-order valence-electron chi connectivity index (χ4n) is 4.20. The molecule has 1 saturated heterocycles. The highest BCUT2D eigenvalue weighted by molar-refractivity contribution is 6.33. The van der Waals surface area contributed by atoms with E-state index in [1.165, 1.54) is 6.07 Å². The van der Waals surface area contributed by atoms with Crippen LogP contribution in [0.2, 0.25) is 5.02 Å². The van der Waals surface area contributed by atoms with Crippen LogP contribution >= 0.6 is 11.6 Å². The number of nitrogens with zero attached hydrogens (tertiary/aromatic N) is 4. The Morgan fingerprint density at radius 1 is 1.14 bits per heavy atom. The predicted octanol–water partition coefficient (Wildman–Crippen LogP) is 6.41. The zero-order chi connectivity index (χ0) is 25.3. The van der Waals surface area contributed by atoms with E-state index in [0.29, 0.717) is 47.9 Å². The molecule has 7 nitrogen and oxygen atoms in total. The number of rotatable bonds is 6. The number of alkyl halides is 3. The van der Waals surface area contributed by atoms with Gasteiger partial charge in [-0.15, -0.1) is 0 Å². The monoisotopic (exact) mass is 517 g/mol. The summed E-state index contributed by atoms with van der Waals surface area (Å²) < 4.78 is 51.3. The third kappa shape index (κ3) is 4.83. The van der Waals surface area contributed by atoms with Gasteiger partial charge in [-0.3, -0.25) is 5.10 Å². The Labute approximate surface area is 210 Å². The average Bonchev–Trinajstić information content (AvgIpc) is 3.34. The highest BCUT2D eigenvalue weighted by Gasteiger charge is 2.31. The lowest BCUT2D eigenvalue weighted by Gasteiger charge is -2.25. The smallest absolute Gasteiger partial charge is 0.416 e. The fourth-order valence-corrected chi connectivity index (χ4v) is 4.49. The second-order valence-electron chi connectivity index (χ2n) is 8.34. The summed E-state index contributed by atoms with van der Waals surface area (Å²) in [5.74, 6) is 0.949. The summed E-state index contributed by atoms with van der Waals surface area (Å²) in [7, 11) is 0. The van der Waals surface area contributed by atoms with Gasteiger partial charge in [-0.1, -0.05) is 23.7 Å². The lowest BCUT2D eigenvalue weighted by Crippen LogP contribution is -2.26. The predicted molar refractivity (Wildman–Crippen MR) is 131 cm³/mol. The molecule has 5 rings (SSSR count). The number of nitrogens with one attached hydrogen (secondary N) is 1. The molecule has 1 fully saturated rings. The molecular formula is C25H23ClF3N5O2. The van der Waals surface area contributed by atoms with Gasteiger partial charge in [0, 0.05) is 24.9 Å². The third-order valence-electron chi connectivity index (χ3n) is 6.02. The molecule has 0 amide bonds. The lowest BCUT2D eigenvalue weighted by atomic mass is 10.1. The molecule has 2 aromatic heterocycles. The molecule has 3 heterocycles. The van der Waals surface area contributed by atoms with Crippen LogP contribution in [0.5, 0.6) is 5.75 Å². The summed E-state index contributed by atoms with van der Waals surface area (Å²) in [4.78, 5) is 11.1. The van der Waals surface area contributed by atoms with Gasteiger partial charge in [0.1, 0.15) is 28.6 Å². The van der Waals surface area contributed by atoms with E-state index in [-0.39, 0.29) is 17.1 Å². The van der Waals surface area contributed by atoms with Gasteiger partial charge in [0.05, 0.1) is 35.7 Å². The summed E-state index contributed by atoms with van der Waals surface area (Å²) in [6.45, 7) is 3.51. The molecule has 0 aliphatic carbocycles. The Morgan fingerprint density at radius 2 is 1.92 bits per heavy atom. The number of anilines is 2. The zero-order valence-corrected chi connectivity index (χ0v) is 20.1. The minimum absolute atomic E-state index is 0.0246. The number of para-hydroxylation sites is 1. The van der Waals surface area contributed by atoms with Crippen molar-refractivity contribution in [3.63, 3.8) is 0 Å². The van der Waals surface area contributed by atoms with Crippen molar-refractivity contribution in [3.8, 4) is 17.0 Å². The molecule has 1 aliphatic rings. The van der Waals surface area contributed by atoms with Gasteiger partial charge in [-0.25, -0.2) is 9.97 Å². The normalized spacial score (nSPS) is 14.8. The summed E-state index contributed by atoms with van der Waals surface area (Å²) >= 11 is 6.30. The van der Waals surface area contributed by atoms with Gasteiger partial charge in [-0.05, 0) is 37.3 Å². The quantitative estimate of drug-likeness (QED) is 0.318. The van der Waals surface area contributed by atoms with E-state index in [1.54, 1.807) is 11.1 Å². The zero-order valence-electron chi connectivity index (χ0n) is 19.3. The number of aromatic amines is 1. The van der Waals surface area contributed by atoms with E-state index in [2.05, 4.69) is 15.2 Å². The highest BCUT2D eigenvalue weighted by Crippen LogP contribution is 2.39. The summed E-state index contributed by atoms with van der Waals surface area (Å²) in [6.07, 6.45) is -1.31. The van der Waals surface area contributed by atoms with Crippen LogP contribution in [-0.4, -0.2) is 46.0 Å². The van der Waals surface area contributed by atoms with Crippen molar-refractivity contribution in [2.45, 2.75) is 32.0 Å². The van der Waals surface area contributed by atoms with Crippen LogP contribution in [0, 0.1) is 0 Å². The van der Waals surface area contributed by atoms with Crippen molar-refractivity contribution in [3.05, 3.63) is 59.2 Å². The van der Waals surface area contributed by atoms with Gasteiger partial charge in [0.2, 0.25) is 5.95 Å². The SMILES string of the molecule is CCN(c1nc(-c2ccccc2OC2CCOCC2)c2[nH]ncc2n1)c1ccc(C(F)(F)F)cc1Cl. The Morgan fingerprint density at radius 3 is 2.64 bits per heavy atom. The molecule has 1 N–H and O–H groups in total. The van der Waals surface area contributed by atoms with Crippen LogP contribution < -0.4 is 9.64 Å². The molecule has 11 heteroatoms. The Kier molecular flexibility index (Phi) is 6.72. The number of ether oxygens (including phenoxy) is 2. The molecular weight excluding hydrogens is 495 g/mol. The number of aromatic nitrogens is 4. The molecule has 1 aliphatic heterocycles. The summed E-state index contributed by atoms with van der Waals surface area (Å²) in [6, 6.07) is 10.8. The number of fused-ring (bicyclic) bond motifs is 1. The van der Waals surface area contributed by atoms with Crippen LogP contribution in [0.4, 0.5) is 24.8 Å². The lowest BCUT2D eigenvalue weighted by molar-refractivity contribution is -0.137. The fraction of sp³-hybridized carbons (Fsp3) is 0.320.